The molecule has 0 bridgehead atoms. The van der Waals surface area contributed by atoms with E-state index in [1.54, 1.807) is 7.11 Å². The Kier molecular flexibility index (Phi) is 7.49. The third-order valence-electron chi connectivity index (χ3n) is 5.63. The van der Waals surface area contributed by atoms with Crippen LogP contribution in [0, 0.1) is 18.3 Å². The Morgan fingerprint density at radius 1 is 1.00 bits per heavy atom. The standard InChI is InChI=1S/C29H25N3O2S/c1-19-9-7-8-12-26(19)31-28(33)20(2)35-29-25(18-30)24(21-10-5-4-6-11-21)17-27(32-29)22-13-15-23(34-3)16-14-22/h4-17,20H,1-3H3,(H,31,33). The molecule has 4 aromatic rings. The van der Waals surface area contributed by atoms with E-state index in [0.29, 0.717) is 10.6 Å². The molecule has 0 spiro atoms. The number of nitrogens with one attached hydrogen (secondary N) is 1. The van der Waals surface area contributed by atoms with Gasteiger partial charge in [0, 0.05) is 16.8 Å². The lowest BCUT2D eigenvalue weighted by molar-refractivity contribution is -0.115. The summed E-state index contributed by atoms with van der Waals surface area (Å²) in [5.74, 6) is 0.605. The van der Waals surface area contributed by atoms with Crippen molar-refractivity contribution >= 4 is 23.4 Å². The van der Waals surface area contributed by atoms with Gasteiger partial charge in [0.25, 0.3) is 0 Å². The van der Waals surface area contributed by atoms with Gasteiger partial charge in [-0.15, -0.1) is 0 Å². The maximum atomic E-state index is 13.0. The van der Waals surface area contributed by atoms with Gasteiger partial charge in [0.15, 0.2) is 0 Å². The highest BCUT2D eigenvalue weighted by molar-refractivity contribution is 8.00. The molecule has 1 heterocycles. The fraction of sp³-hybridized carbons (Fsp3) is 0.138. The quantitative estimate of drug-likeness (QED) is 0.298. The number of carbonyl (C=O) groups excluding carboxylic acids is 1. The van der Waals surface area contributed by atoms with Crippen molar-refractivity contribution in [1.82, 2.24) is 4.98 Å². The lowest BCUT2D eigenvalue weighted by Gasteiger charge is -2.16. The van der Waals surface area contributed by atoms with Crippen LogP contribution in [-0.4, -0.2) is 23.3 Å². The number of aromatic nitrogens is 1. The summed E-state index contributed by atoms with van der Waals surface area (Å²) in [6.45, 7) is 3.77. The highest BCUT2D eigenvalue weighted by Crippen LogP contribution is 2.36. The van der Waals surface area contributed by atoms with Gasteiger partial charge in [-0.25, -0.2) is 4.98 Å². The van der Waals surface area contributed by atoms with Crippen molar-refractivity contribution in [3.63, 3.8) is 0 Å². The van der Waals surface area contributed by atoms with Crippen LogP contribution in [0.4, 0.5) is 5.69 Å². The number of para-hydroxylation sites is 1. The first-order valence-electron chi connectivity index (χ1n) is 11.2. The molecule has 0 fully saturated rings. The van der Waals surface area contributed by atoms with Crippen molar-refractivity contribution in [2.24, 2.45) is 0 Å². The van der Waals surface area contributed by atoms with Gasteiger partial charge < -0.3 is 10.1 Å². The molecule has 0 aliphatic rings. The molecule has 5 nitrogen and oxygen atoms in total. The topological polar surface area (TPSA) is 75.0 Å². The highest BCUT2D eigenvalue weighted by atomic mass is 32.2. The Morgan fingerprint density at radius 2 is 1.69 bits per heavy atom. The molecule has 0 saturated heterocycles. The van der Waals surface area contributed by atoms with Gasteiger partial charge in [0.1, 0.15) is 16.8 Å². The molecule has 6 heteroatoms. The zero-order valence-corrected chi connectivity index (χ0v) is 20.6. The van der Waals surface area contributed by atoms with Crippen LogP contribution < -0.4 is 10.1 Å². The average Bonchev–Trinajstić information content (AvgIpc) is 2.90. The molecule has 0 aliphatic heterocycles. The lowest BCUT2D eigenvalue weighted by Crippen LogP contribution is -2.23. The van der Waals surface area contributed by atoms with Gasteiger partial charge in [-0.2, -0.15) is 5.26 Å². The number of hydrogen-bond donors (Lipinski definition) is 1. The van der Waals surface area contributed by atoms with Gasteiger partial charge in [-0.3, -0.25) is 4.79 Å². The Balaban J connectivity index is 1.73. The number of ether oxygens (including phenoxy) is 1. The van der Waals surface area contributed by atoms with E-state index in [2.05, 4.69) is 11.4 Å². The van der Waals surface area contributed by atoms with Crippen LogP contribution in [0.15, 0.2) is 90.0 Å². The molecule has 174 valence electrons. The molecule has 1 atom stereocenters. The molecule has 0 radical (unpaired) electrons. The zero-order valence-electron chi connectivity index (χ0n) is 19.8. The van der Waals surface area contributed by atoms with Gasteiger partial charge >= 0.3 is 0 Å². The number of amides is 1. The van der Waals surface area contributed by atoms with Crippen LogP contribution in [0.2, 0.25) is 0 Å². The molecule has 4 rings (SSSR count). The normalized spacial score (nSPS) is 11.4. The average molecular weight is 480 g/mol. The number of methoxy groups -OCH3 is 1. The van der Waals surface area contributed by atoms with E-state index < -0.39 is 5.25 Å². The third-order valence-corrected chi connectivity index (χ3v) is 6.72. The van der Waals surface area contributed by atoms with E-state index >= 15 is 0 Å². The number of hydrogen-bond acceptors (Lipinski definition) is 5. The summed E-state index contributed by atoms with van der Waals surface area (Å²) in [5, 5.41) is 13.1. The summed E-state index contributed by atoms with van der Waals surface area (Å²) in [4.78, 5) is 17.8. The summed E-state index contributed by atoms with van der Waals surface area (Å²) < 4.78 is 5.28. The molecule has 0 aliphatic carbocycles. The minimum Gasteiger partial charge on any atom is -0.497 e. The largest absolute Gasteiger partial charge is 0.497 e. The fourth-order valence-electron chi connectivity index (χ4n) is 3.64. The molecular weight excluding hydrogens is 454 g/mol. The summed E-state index contributed by atoms with van der Waals surface area (Å²) >= 11 is 1.28. The molecule has 1 N–H and O–H groups in total. The minimum atomic E-state index is -0.469. The van der Waals surface area contributed by atoms with E-state index in [1.165, 1.54) is 11.8 Å². The number of nitriles is 1. The molecule has 1 aromatic heterocycles. The molecule has 1 amide bonds. The Hall–Kier alpha value is -4.08. The van der Waals surface area contributed by atoms with E-state index in [0.717, 1.165) is 39.4 Å². The second kappa shape index (κ2) is 10.9. The monoisotopic (exact) mass is 479 g/mol. The molecular formula is C29H25N3O2S. The van der Waals surface area contributed by atoms with Gasteiger partial charge in [0.2, 0.25) is 5.91 Å². The van der Waals surface area contributed by atoms with Crippen molar-refractivity contribution in [2.45, 2.75) is 24.1 Å². The van der Waals surface area contributed by atoms with E-state index in [9.17, 15) is 10.1 Å². The number of anilines is 1. The third kappa shape index (κ3) is 5.53. The predicted octanol–water partition coefficient (Wildman–Crippen LogP) is 6.72. The lowest BCUT2D eigenvalue weighted by atomic mass is 9.99. The first-order chi connectivity index (χ1) is 17.0. The Bertz CT molecular complexity index is 1380. The van der Waals surface area contributed by atoms with Crippen molar-refractivity contribution in [3.05, 3.63) is 96.1 Å². The van der Waals surface area contributed by atoms with E-state index in [4.69, 9.17) is 9.72 Å². The maximum Gasteiger partial charge on any atom is 0.237 e. The number of thioether (sulfide) groups is 1. The van der Waals surface area contributed by atoms with Gasteiger partial charge in [0.05, 0.1) is 23.6 Å². The predicted molar refractivity (Wildman–Crippen MR) is 142 cm³/mol. The van der Waals surface area contributed by atoms with Gasteiger partial charge in [-0.05, 0) is 61.4 Å². The number of nitrogens with zero attached hydrogens (tertiary/aromatic N) is 2. The van der Waals surface area contributed by atoms with Crippen LogP contribution in [-0.2, 0) is 4.79 Å². The number of benzene rings is 3. The van der Waals surface area contributed by atoms with Crippen LogP contribution in [0.3, 0.4) is 0 Å². The van der Waals surface area contributed by atoms with Crippen molar-refractivity contribution in [3.8, 4) is 34.2 Å². The zero-order chi connectivity index (χ0) is 24.8. The van der Waals surface area contributed by atoms with Crippen LogP contribution in [0.1, 0.15) is 18.1 Å². The first-order valence-corrected chi connectivity index (χ1v) is 12.1. The van der Waals surface area contributed by atoms with Crippen molar-refractivity contribution in [2.75, 3.05) is 12.4 Å². The fourth-order valence-corrected chi connectivity index (χ4v) is 4.56. The molecule has 35 heavy (non-hydrogen) atoms. The summed E-state index contributed by atoms with van der Waals surface area (Å²) in [6.07, 6.45) is 0. The molecule has 0 saturated carbocycles. The number of rotatable bonds is 7. The molecule has 1 unspecified atom stereocenters. The SMILES string of the molecule is COc1ccc(-c2cc(-c3ccccc3)c(C#N)c(SC(C)C(=O)Nc3ccccc3C)n2)cc1. The number of aryl methyl sites for hydroxylation is 1. The first kappa shape index (κ1) is 24.1. The van der Waals surface area contributed by atoms with E-state index in [-0.39, 0.29) is 5.91 Å². The Morgan fingerprint density at radius 3 is 2.34 bits per heavy atom. The number of carbonyl (C=O) groups is 1. The second-order valence-corrected chi connectivity index (χ2v) is 9.34. The highest BCUT2D eigenvalue weighted by Gasteiger charge is 2.22. The van der Waals surface area contributed by atoms with Crippen LogP contribution in [0.5, 0.6) is 5.75 Å². The smallest absolute Gasteiger partial charge is 0.237 e. The van der Waals surface area contributed by atoms with Crippen molar-refractivity contribution in [1.29, 1.82) is 5.26 Å². The number of pyridine rings is 1. The van der Waals surface area contributed by atoms with Crippen LogP contribution >= 0.6 is 11.8 Å². The van der Waals surface area contributed by atoms with Gasteiger partial charge in [-0.1, -0.05) is 60.3 Å². The maximum absolute atomic E-state index is 13.0. The molecule has 3 aromatic carbocycles. The van der Waals surface area contributed by atoms with E-state index in [1.807, 2.05) is 98.8 Å². The summed E-state index contributed by atoms with van der Waals surface area (Å²) in [5.41, 5.74) is 5.53. The minimum absolute atomic E-state index is 0.147. The second-order valence-electron chi connectivity index (χ2n) is 8.01. The summed E-state index contributed by atoms with van der Waals surface area (Å²) in [6, 6.07) is 29.3. The van der Waals surface area contributed by atoms with Crippen molar-refractivity contribution < 1.29 is 9.53 Å². The van der Waals surface area contributed by atoms with Crippen LogP contribution in [0.25, 0.3) is 22.4 Å². The summed E-state index contributed by atoms with van der Waals surface area (Å²) in [7, 11) is 1.63. The Labute approximate surface area is 209 Å².